The molecule has 3 aromatic rings. The zero-order valence-corrected chi connectivity index (χ0v) is 20.2. The minimum absolute atomic E-state index is 0.00491. The fourth-order valence-electron chi connectivity index (χ4n) is 2.95. The monoisotopic (exact) mass is 512 g/mol. The van der Waals surface area contributed by atoms with E-state index in [1.165, 1.54) is 42.7 Å². The van der Waals surface area contributed by atoms with Gasteiger partial charge in [-0.25, -0.2) is 8.42 Å². The normalized spacial score (nSPS) is 11.4. The van der Waals surface area contributed by atoms with Gasteiger partial charge in [-0.1, -0.05) is 53.0 Å². The molecule has 0 fully saturated rings. The summed E-state index contributed by atoms with van der Waals surface area (Å²) >= 11 is 18.1. The van der Waals surface area contributed by atoms with Crippen LogP contribution >= 0.6 is 34.8 Å². The van der Waals surface area contributed by atoms with Crippen LogP contribution in [-0.2, 0) is 16.6 Å². The molecular formula is C22H19Cl3N2O4S. The van der Waals surface area contributed by atoms with Crippen molar-refractivity contribution in [1.29, 1.82) is 0 Å². The summed E-state index contributed by atoms with van der Waals surface area (Å²) in [5.74, 6) is -0.00741. The molecule has 0 spiro atoms. The molecule has 32 heavy (non-hydrogen) atoms. The Kier molecular flexibility index (Phi) is 7.69. The van der Waals surface area contributed by atoms with Gasteiger partial charge in [-0.3, -0.25) is 4.79 Å². The zero-order valence-electron chi connectivity index (χ0n) is 17.1. The van der Waals surface area contributed by atoms with Crippen molar-refractivity contribution >= 4 is 56.4 Å². The summed E-state index contributed by atoms with van der Waals surface area (Å²) in [6, 6.07) is 15.7. The van der Waals surface area contributed by atoms with Crippen LogP contribution in [0.4, 0.5) is 5.69 Å². The van der Waals surface area contributed by atoms with Crippen LogP contribution in [0.15, 0.2) is 65.6 Å². The Labute approximate surface area is 201 Å². The van der Waals surface area contributed by atoms with Crippen molar-refractivity contribution in [2.75, 3.05) is 19.5 Å². The van der Waals surface area contributed by atoms with Crippen LogP contribution in [0, 0.1) is 0 Å². The van der Waals surface area contributed by atoms with E-state index >= 15 is 0 Å². The number of hydrogen-bond donors (Lipinski definition) is 1. The maximum atomic E-state index is 12.9. The molecule has 3 aromatic carbocycles. The van der Waals surface area contributed by atoms with E-state index in [1.54, 1.807) is 36.4 Å². The van der Waals surface area contributed by atoms with Gasteiger partial charge in [-0.2, -0.15) is 4.31 Å². The Morgan fingerprint density at radius 1 is 0.969 bits per heavy atom. The third kappa shape index (κ3) is 5.36. The third-order valence-corrected chi connectivity index (χ3v) is 7.50. The molecule has 0 atom stereocenters. The van der Waals surface area contributed by atoms with Crippen LogP contribution in [-0.4, -0.2) is 32.8 Å². The molecule has 1 N–H and O–H groups in total. The minimum Gasteiger partial charge on any atom is -0.496 e. The number of halogens is 3. The van der Waals surface area contributed by atoms with Crippen LogP contribution in [0.5, 0.6) is 5.75 Å². The van der Waals surface area contributed by atoms with Crippen molar-refractivity contribution in [2.24, 2.45) is 0 Å². The van der Waals surface area contributed by atoms with Gasteiger partial charge in [0.1, 0.15) is 5.75 Å². The van der Waals surface area contributed by atoms with E-state index in [4.69, 9.17) is 39.5 Å². The van der Waals surface area contributed by atoms with Gasteiger partial charge < -0.3 is 10.1 Å². The van der Waals surface area contributed by atoms with E-state index in [9.17, 15) is 13.2 Å². The number of nitrogens with one attached hydrogen (secondary N) is 1. The predicted octanol–water partition coefficient (Wildman–Crippen LogP) is 5.73. The molecule has 0 heterocycles. The second-order valence-corrected chi connectivity index (χ2v) is 10.1. The first-order valence-corrected chi connectivity index (χ1v) is 11.8. The average molecular weight is 514 g/mol. The van der Waals surface area contributed by atoms with Gasteiger partial charge in [0.05, 0.1) is 32.8 Å². The first-order valence-electron chi connectivity index (χ1n) is 9.27. The van der Waals surface area contributed by atoms with Crippen molar-refractivity contribution in [2.45, 2.75) is 11.4 Å². The summed E-state index contributed by atoms with van der Waals surface area (Å²) < 4.78 is 32.3. The molecule has 0 unspecified atom stereocenters. The van der Waals surface area contributed by atoms with Crippen molar-refractivity contribution < 1.29 is 17.9 Å². The number of carbonyl (C=O) groups excluding carboxylic acids is 1. The summed E-state index contributed by atoms with van der Waals surface area (Å²) in [6.45, 7) is -0.00491. The van der Waals surface area contributed by atoms with Crippen LogP contribution in [0.1, 0.15) is 15.9 Å². The Morgan fingerprint density at radius 2 is 1.62 bits per heavy atom. The molecule has 0 aliphatic heterocycles. The fourth-order valence-corrected chi connectivity index (χ4v) is 4.72. The number of hydrogen-bond acceptors (Lipinski definition) is 4. The van der Waals surface area contributed by atoms with Gasteiger partial charge in [0.25, 0.3) is 5.91 Å². The van der Waals surface area contributed by atoms with Gasteiger partial charge in [0, 0.05) is 24.7 Å². The van der Waals surface area contributed by atoms with E-state index in [0.717, 1.165) is 0 Å². The summed E-state index contributed by atoms with van der Waals surface area (Å²) in [7, 11) is -0.791. The molecule has 0 radical (unpaired) electrons. The van der Waals surface area contributed by atoms with Crippen LogP contribution in [0.3, 0.4) is 0 Å². The Balaban J connectivity index is 1.87. The highest BCUT2D eigenvalue weighted by Gasteiger charge is 2.22. The van der Waals surface area contributed by atoms with Gasteiger partial charge >= 0.3 is 0 Å². The quantitative estimate of drug-likeness (QED) is 0.410. The number of anilines is 1. The first-order chi connectivity index (χ1) is 15.1. The van der Waals surface area contributed by atoms with Crippen molar-refractivity contribution in [1.82, 2.24) is 4.31 Å². The van der Waals surface area contributed by atoms with Crippen LogP contribution in [0.25, 0.3) is 0 Å². The molecule has 6 nitrogen and oxygen atoms in total. The SMILES string of the molecule is COc1ccc(C(=O)Nc2cc(Cl)c(Cl)cc2Cl)cc1CN(C)S(=O)(=O)c1ccccc1. The molecule has 0 saturated carbocycles. The number of carbonyl (C=O) groups is 1. The fraction of sp³-hybridized carbons (Fsp3) is 0.136. The standard InChI is InChI=1S/C22H19Cl3N2O4S/c1-27(32(29,30)16-6-4-3-5-7-16)13-15-10-14(8-9-21(15)31-2)22(28)26-20-12-18(24)17(23)11-19(20)25/h3-12H,13H2,1-2H3,(H,26,28). The lowest BCUT2D eigenvalue weighted by atomic mass is 10.1. The highest BCUT2D eigenvalue weighted by molar-refractivity contribution is 7.89. The maximum absolute atomic E-state index is 12.9. The molecule has 0 aliphatic rings. The van der Waals surface area contributed by atoms with Gasteiger partial charge in [0.15, 0.2) is 0 Å². The van der Waals surface area contributed by atoms with Crippen LogP contribution in [0.2, 0.25) is 15.1 Å². The van der Waals surface area contributed by atoms with E-state index < -0.39 is 15.9 Å². The molecule has 1 amide bonds. The van der Waals surface area contributed by atoms with Gasteiger partial charge in [-0.15, -0.1) is 0 Å². The van der Waals surface area contributed by atoms with Crippen molar-refractivity contribution in [3.8, 4) is 5.75 Å². The van der Waals surface area contributed by atoms with Gasteiger partial charge in [0.2, 0.25) is 10.0 Å². The smallest absolute Gasteiger partial charge is 0.255 e. The van der Waals surface area contributed by atoms with E-state index in [0.29, 0.717) is 17.0 Å². The maximum Gasteiger partial charge on any atom is 0.255 e. The number of methoxy groups -OCH3 is 1. The highest BCUT2D eigenvalue weighted by atomic mass is 35.5. The molecular weight excluding hydrogens is 495 g/mol. The second-order valence-electron chi connectivity index (χ2n) is 6.80. The molecule has 0 aliphatic carbocycles. The topological polar surface area (TPSA) is 75.7 Å². The number of ether oxygens (including phenoxy) is 1. The summed E-state index contributed by atoms with van der Waals surface area (Å²) in [5, 5.41) is 3.43. The van der Waals surface area contributed by atoms with Crippen molar-refractivity contribution in [3.63, 3.8) is 0 Å². The van der Waals surface area contributed by atoms with Gasteiger partial charge in [-0.05, 0) is 42.5 Å². The number of rotatable bonds is 7. The van der Waals surface area contributed by atoms with Crippen molar-refractivity contribution in [3.05, 3.63) is 86.9 Å². The Bertz CT molecular complexity index is 1250. The Hall–Kier alpha value is -2.29. The molecule has 0 bridgehead atoms. The summed E-state index contributed by atoms with van der Waals surface area (Å²) in [4.78, 5) is 13.0. The third-order valence-electron chi connectivity index (χ3n) is 4.65. The molecule has 3 rings (SSSR count). The minimum atomic E-state index is -3.73. The summed E-state index contributed by atoms with van der Waals surface area (Å²) in [6.07, 6.45) is 0. The lowest BCUT2D eigenvalue weighted by molar-refractivity contribution is 0.102. The second kappa shape index (κ2) is 10.1. The van der Waals surface area contributed by atoms with E-state index in [2.05, 4.69) is 5.32 Å². The van der Waals surface area contributed by atoms with E-state index in [1.807, 2.05) is 0 Å². The molecule has 0 saturated heterocycles. The van der Waals surface area contributed by atoms with Crippen LogP contribution < -0.4 is 10.1 Å². The molecule has 0 aromatic heterocycles. The Morgan fingerprint density at radius 3 is 2.28 bits per heavy atom. The molecule has 168 valence electrons. The first kappa shape index (κ1) is 24.4. The number of benzene rings is 3. The number of sulfonamides is 1. The predicted molar refractivity (Wildman–Crippen MR) is 128 cm³/mol. The number of nitrogens with zero attached hydrogens (tertiary/aromatic N) is 1. The molecule has 10 heteroatoms. The highest BCUT2D eigenvalue weighted by Crippen LogP contribution is 2.33. The lowest BCUT2D eigenvalue weighted by Crippen LogP contribution is -2.27. The zero-order chi connectivity index (χ0) is 23.5. The number of amides is 1. The summed E-state index contributed by atoms with van der Waals surface area (Å²) in [5.41, 5.74) is 1.10. The average Bonchev–Trinajstić information content (AvgIpc) is 2.77. The van der Waals surface area contributed by atoms with E-state index in [-0.39, 0.29) is 32.1 Å². The largest absolute Gasteiger partial charge is 0.496 e. The lowest BCUT2D eigenvalue weighted by Gasteiger charge is -2.19.